The molecule has 0 amide bonds. The number of aromatic nitrogens is 2. The molecule has 3 aromatic rings. The lowest BCUT2D eigenvalue weighted by Crippen LogP contribution is -2.36. The highest BCUT2D eigenvalue weighted by Gasteiger charge is 2.18. The van der Waals surface area contributed by atoms with E-state index >= 15 is 0 Å². The van der Waals surface area contributed by atoms with E-state index in [9.17, 15) is 9.90 Å². The maximum Gasteiger partial charge on any atom is 0.260 e. The van der Waals surface area contributed by atoms with Crippen LogP contribution in [0, 0.1) is 5.92 Å². The van der Waals surface area contributed by atoms with Crippen LogP contribution in [0.3, 0.4) is 0 Å². The predicted molar refractivity (Wildman–Crippen MR) is 136 cm³/mol. The van der Waals surface area contributed by atoms with Crippen LogP contribution in [0.25, 0.3) is 21.3 Å². The zero-order valence-corrected chi connectivity index (χ0v) is 21.4. The third-order valence-electron chi connectivity index (χ3n) is 5.57. The zero-order chi connectivity index (χ0) is 24.7. The van der Waals surface area contributed by atoms with E-state index in [1.54, 1.807) is 14.2 Å². The van der Waals surface area contributed by atoms with Gasteiger partial charge in [0.15, 0.2) is 11.5 Å². The zero-order valence-electron chi connectivity index (χ0n) is 20.6. The number of aliphatic hydroxyl groups excluding tert-OH is 1. The van der Waals surface area contributed by atoms with Crippen LogP contribution in [0.1, 0.15) is 33.0 Å². The third-order valence-corrected chi connectivity index (χ3v) is 6.44. The lowest BCUT2D eigenvalue weighted by molar-refractivity contribution is 0.0183. The largest absolute Gasteiger partial charge is 0.493 e. The molecule has 0 aliphatic rings. The molecule has 0 fully saturated rings. The van der Waals surface area contributed by atoms with Crippen LogP contribution in [0.5, 0.6) is 11.5 Å². The van der Waals surface area contributed by atoms with E-state index in [0.29, 0.717) is 53.2 Å². The minimum Gasteiger partial charge on any atom is -0.493 e. The van der Waals surface area contributed by atoms with Crippen molar-refractivity contribution in [2.45, 2.75) is 39.8 Å². The normalized spacial score (nSPS) is 12.6. The Morgan fingerprint density at radius 2 is 1.97 bits per heavy atom. The van der Waals surface area contributed by atoms with E-state index in [1.807, 2.05) is 30.5 Å². The molecular formula is C25H35N3O5S. The summed E-state index contributed by atoms with van der Waals surface area (Å²) in [6.45, 7) is 8.80. The van der Waals surface area contributed by atoms with Crippen molar-refractivity contribution in [2.24, 2.45) is 5.92 Å². The second-order valence-electron chi connectivity index (χ2n) is 8.64. The van der Waals surface area contributed by atoms with E-state index in [4.69, 9.17) is 19.2 Å². The Morgan fingerprint density at radius 1 is 1.21 bits per heavy atom. The summed E-state index contributed by atoms with van der Waals surface area (Å²) >= 11 is 1.44. The summed E-state index contributed by atoms with van der Waals surface area (Å²) in [5, 5.41) is 12.9. The van der Waals surface area contributed by atoms with Gasteiger partial charge in [0, 0.05) is 24.1 Å². The second-order valence-corrected chi connectivity index (χ2v) is 9.50. The summed E-state index contributed by atoms with van der Waals surface area (Å²) in [5.74, 6) is 2.35. The Hall–Kier alpha value is -2.46. The Balaban J connectivity index is 1.87. The third kappa shape index (κ3) is 6.56. The highest BCUT2D eigenvalue weighted by molar-refractivity contribution is 7.17. The average Bonchev–Trinajstić information content (AvgIpc) is 3.25. The Morgan fingerprint density at radius 3 is 2.65 bits per heavy atom. The van der Waals surface area contributed by atoms with E-state index in [2.05, 4.69) is 23.7 Å². The molecule has 1 atom stereocenters. The molecule has 1 aromatic carbocycles. The highest BCUT2D eigenvalue weighted by Crippen LogP contribution is 2.36. The van der Waals surface area contributed by atoms with Gasteiger partial charge in [-0.3, -0.25) is 9.69 Å². The first-order chi connectivity index (χ1) is 16.4. The molecule has 0 aliphatic heterocycles. The number of aromatic amines is 1. The SMILES string of the molecule is CCOCC(O)CN(CCC(C)C)Cc1nc2scc(-c3ccc(OC)c(OC)c3)c2c(=O)[nH]1. The van der Waals surface area contributed by atoms with Crippen LogP contribution in [0.15, 0.2) is 28.4 Å². The lowest BCUT2D eigenvalue weighted by atomic mass is 10.1. The van der Waals surface area contributed by atoms with E-state index < -0.39 is 6.10 Å². The number of hydrogen-bond acceptors (Lipinski definition) is 8. The number of thiophene rings is 1. The lowest BCUT2D eigenvalue weighted by Gasteiger charge is -2.25. The fraction of sp³-hybridized carbons (Fsp3) is 0.520. The molecule has 0 spiro atoms. The summed E-state index contributed by atoms with van der Waals surface area (Å²) in [4.78, 5) is 23.6. The van der Waals surface area contributed by atoms with Crippen LogP contribution in [0.2, 0.25) is 0 Å². The minimum atomic E-state index is -0.596. The molecule has 0 radical (unpaired) electrons. The van der Waals surface area contributed by atoms with Gasteiger partial charge in [-0.25, -0.2) is 4.98 Å². The Kier molecular flexibility index (Phi) is 9.46. The number of nitrogens with zero attached hydrogens (tertiary/aromatic N) is 2. The van der Waals surface area contributed by atoms with E-state index in [0.717, 1.165) is 24.1 Å². The van der Waals surface area contributed by atoms with Crippen molar-refractivity contribution >= 4 is 21.6 Å². The van der Waals surface area contributed by atoms with Gasteiger partial charge in [0.05, 0.1) is 38.9 Å². The molecule has 1 unspecified atom stereocenters. The number of nitrogens with one attached hydrogen (secondary N) is 1. The van der Waals surface area contributed by atoms with Gasteiger partial charge in [-0.2, -0.15) is 0 Å². The van der Waals surface area contributed by atoms with Crippen LogP contribution in [-0.2, 0) is 11.3 Å². The molecule has 0 aliphatic carbocycles. The van der Waals surface area contributed by atoms with Gasteiger partial charge in [0.1, 0.15) is 10.7 Å². The number of benzene rings is 1. The molecule has 0 saturated carbocycles. The number of aliphatic hydroxyl groups is 1. The molecular weight excluding hydrogens is 454 g/mol. The molecule has 9 heteroatoms. The summed E-state index contributed by atoms with van der Waals surface area (Å²) in [6.07, 6.45) is 0.386. The van der Waals surface area contributed by atoms with Crippen LogP contribution in [-0.4, -0.2) is 66.6 Å². The summed E-state index contributed by atoms with van der Waals surface area (Å²) in [6, 6.07) is 5.60. The standard InChI is InChI=1S/C25H35N3O5S/c1-6-33-14-18(29)12-28(10-9-16(2)3)13-22-26-24(30)23-19(15-34-25(23)27-22)17-7-8-20(31-4)21(11-17)32-5/h7-8,11,15-16,18,29H,6,9-10,12-14H2,1-5H3,(H,26,27,30). The first kappa shape index (κ1) is 26.2. The van der Waals surface area contributed by atoms with Gasteiger partial charge < -0.3 is 24.3 Å². The molecule has 2 N–H and O–H groups in total. The molecule has 34 heavy (non-hydrogen) atoms. The summed E-state index contributed by atoms with van der Waals surface area (Å²) < 4.78 is 16.1. The molecule has 8 nitrogen and oxygen atoms in total. The number of methoxy groups -OCH3 is 2. The molecule has 0 bridgehead atoms. The maximum absolute atomic E-state index is 13.1. The van der Waals surface area contributed by atoms with E-state index in [1.165, 1.54) is 11.3 Å². The van der Waals surface area contributed by atoms with E-state index in [-0.39, 0.29) is 12.2 Å². The predicted octanol–water partition coefficient (Wildman–Crippen LogP) is 3.91. The van der Waals surface area contributed by atoms with Gasteiger partial charge in [0.25, 0.3) is 5.56 Å². The topological polar surface area (TPSA) is 96.9 Å². The molecule has 3 rings (SSSR count). The van der Waals surface area contributed by atoms with Gasteiger partial charge in [-0.15, -0.1) is 11.3 Å². The number of ether oxygens (including phenoxy) is 3. The fourth-order valence-corrected chi connectivity index (χ4v) is 4.74. The quantitative estimate of drug-likeness (QED) is 0.376. The van der Waals surface area contributed by atoms with Crippen molar-refractivity contribution in [1.82, 2.24) is 14.9 Å². The van der Waals surface area contributed by atoms with Crippen LogP contribution >= 0.6 is 11.3 Å². The maximum atomic E-state index is 13.1. The first-order valence-corrected chi connectivity index (χ1v) is 12.4. The average molecular weight is 490 g/mol. The number of hydrogen-bond donors (Lipinski definition) is 2. The smallest absolute Gasteiger partial charge is 0.260 e. The van der Waals surface area contributed by atoms with Crippen molar-refractivity contribution < 1.29 is 19.3 Å². The van der Waals surface area contributed by atoms with Crippen LogP contribution in [0.4, 0.5) is 0 Å². The van der Waals surface area contributed by atoms with Gasteiger partial charge in [-0.05, 0) is 43.5 Å². The first-order valence-electron chi connectivity index (χ1n) is 11.6. The minimum absolute atomic E-state index is 0.176. The van der Waals surface area contributed by atoms with Crippen molar-refractivity contribution in [1.29, 1.82) is 0 Å². The Bertz CT molecular complexity index is 1130. The summed E-state index contributed by atoms with van der Waals surface area (Å²) in [7, 11) is 3.18. The number of rotatable bonds is 13. The number of H-pyrrole nitrogens is 1. The van der Waals surface area contributed by atoms with Gasteiger partial charge >= 0.3 is 0 Å². The second kappa shape index (κ2) is 12.3. The van der Waals surface area contributed by atoms with Crippen molar-refractivity contribution in [3.8, 4) is 22.6 Å². The molecule has 186 valence electrons. The highest BCUT2D eigenvalue weighted by atomic mass is 32.1. The van der Waals surface area contributed by atoms with Crippen molar-refractivity contribution in [3.05, 3.63) is 39.8 Å². The molecule has 2 aromatic heterocycles. The monoisotopic (exact) mass is 489 g/mol. The molecule has 2 heterocycles. The van der Waals surface area contributed by atoms with Crippen molar-refractivity contribution in [3.63, 3.8) is 0 Å². The molecule has 0 saturated heterocycles. The van der Waals surface area contributed by atoms with Crippen LogP contribution < -0.4 is 15.0 Å². The number of fused-ring (bicyclic) bond motifs is 1. The van der Waals surface area contributed by atoms with Gasteiger partial charge in [-0.1, -0.05) is 19.9 Å². The van der Waals surface area contributed by atoms with Crippen molar-refractivity contribution in [2.75, 3.05) is 40.5 Å². The summed E-state index contributed by atoms with van der Waals surface area (Å²) in [5.41, 5.74) is 1.50. The Labute approximate surface area is 204 Å². The fourth-order valence-electron chi connectivity index (χ4n) is 3.78. The van der Waals surface area contributed by atoms with Gasteiger partial charge in [0.2, 0.25) is 0 Å².